The van der Waals surface area contributed by atoms with E-state index < -0.39 is 0 Å². The monoisotopic (exact) mass is 422 g/mol. The van der Waals surface area contributed by atoms with Crippen LogP contribution in [0.2, 0.25) is 0 Å². The van der Waals surface area contributed by atoms with Crippen molar-refractivity contribution >= 4 is 0 Å². The molecule has 31 heavy (non-hydrogen) atoms. The number of hydrogen-bond donors (Lipinski definition) is 0. The summed E-state index contributed by atoms with van der Waals surface area (Å²) in [4.78, 5) is 2.00. The van der Waals surface area contributed by atoms with Crippen LogP contribution in [0.15, 0.2) is 60.7 Å². The van der Waals surface area contributed by atoms with E-state index in [1.165, 1.54) is 76.2 Å². The molecule has 0 fully saturated rings. The van der Waals surface area contributed by atoms with Crippen LogP contribution in [-0.2, 0) is 12.8 Å². The van der Waals surface area contributed by atoms with Crippen LogP contribution in [0, 0.1) is 11.3 Å². The fourth-order valence-electron chi connectivity index (χ4n) is 3.15. The maximum absolute atomic E-state index is 8.27. The molecular formula is C29H46N2. The van der Waals surface area contributed by atoms with Gasteiger partial charge in [0.2, 0.25) is 0 Å². The summed E-state index contributed by atoms with van der Waals surface area (Å²) in [5.74, 6) is 0. The lowest BCUT2D eigenvalue weighted by molar-refractivity contribution is 0.505. The topological polar surface area (TPSA) is 27.0 Å². The van der Waals surface area contributed by atoms with Gasteiger partial charge in [-0.1, -0.05) is 125 Å². The van der Waals surface area contributed by atoms with Crippen LogP contribution in [0.4, 0.5) is 0 Å². The summed E-state index contributed by atoms with van der Waals surface area (Å²) in [6, 6.07) is 22.7. The van der Waals surface area contributed by atoms with Gasteiger partial charge in [-0.05, 0) is 45.1 Å². The van der Waals surface area contributed by atoms with Gasteiger partial charge >= 0.3 is 0 Å². The number of nitrogens with zero attached hydrogens (tertiary/aromatic N) is 2. The largest absolute Gasteiger partial charge is 0.312 e. The molecule has 0 heterocycles. The summed E-state index contributed by atoms with van der Waals surface area (Å²) in [5, 5.41) is 8.27. The van der Waals surface area contributed by atoms with Gasteiger partial charge in [-0.25, -0.2) is 0 Å². The van der Waals surface area contributed by atoms with Crippen LogP contribution in [0.1, 0.15) is 82.3 Å². The third kappa shape index (κ3) is 22.4. The Balaban J connectivity index is 0.000000571. The molecule has 0 unspecified atom stereocenters. The fourth-order valence-corrected chi connectivity index (χ4v) is 3.15. The minimum absolute atomic E-state index is 0.515. The average molecular weight is 423 g/mol. The lowest BCUT2D eigenvalue weighted by Crippen LogP contribution is -1.99. The van der Waals surface area contributed by atoms with Gasteiger partial charge in [0.25, 0.3) is 0 Å². The lowest BCUT2D eigenvalue weighted by atomic mass is 10.0. The van der Waals surface area contributed by atoms with Crippen molar-refractivity contribution in [3.8, 4) is 6.07 Å². The van der Waals surface area contributed by atoms with E-state index in [1.807, 2.05) is 56.4 Å². The highest BCUT2D eigenvalue weighted by Gasteiger charge is 1.94. The molecule has 0 atom stereocenters. The zero-order chi connectivity index (χ0) is 23.0. The second-order valence-corrected chi connectivity index (χ2v) is 8.58. The van der Waals surface area contributed by atoms with Crippen molar-refractivity contribution in [1.82, 2.24) is 4.90 Å². The minimum atomic E-state index is 0.515. The van der Waals surface area contributed by atoms with Crippen LogP contribution in [-0.4, -0.2) is 26.0 Å². The van der Waals surface area contributed by atoms with Gasteiger partial charge in [0.15, 0.2) is 0 Å². The fraction of sp³-hybridized carbons (Fsp3) is 0.552. The zero-order valence-electron chi connectivity index (χ0n) is 20.7. The van der Waals surface area contributed by atoms with Crippen LogP contribution < -0.4 is 0 Å². The van der Waals surface area contributed by atoms with Gasteiger partial charge in [0.05, 0.1) is 12.5 Å². The normalized spacial score (nSPS) is 9.81. The highest BCUT2D eigenvalue weighted by Crippen LogP contribution is 2.12. The number of nitriles is 1. The Labute approximate surface area is 193 Å². The van der Waals surface area contributed by atoms with Gasteiger partial charge < -0.3 is 4.90 Å². The van der Waals surface area contributed by atoms with Crippen molar-refractivity contribution in [2.24, 2.45) is 0 Å². The molecule has 0 saturated heterocycles. The van der Waals surface area contributed by atoms with Crippen LogP contribution in [0.25, 0.3) is 0 Å². The van der Waals surface area contributed by atoms with Crippen molar-refractivity contribution in [3.05, 3.63) is 71.8 Å². The number of benzene rings is 2. The van der Waals surface area contributed by atoms with Crippen molar-refractivity contribution in [1.29, 1.82) is 5.26 Å². The van der Waals surface area contributed by atoms with Crippen molar-refractivity contribution in [2.45, 2.75) is 84.0 Å². The molecule has 2 rings (SSSR count). The molecule has 0 bridgehead atoms. The third-order valence-electron chi connectivity index (χ3n) is 4.79. The first kappa shape index (κ1) is 28.9. The van der Waals surface area contributed by atoms with Crippen LogP contribution in [0.3, 0.4) is 0 Å². The van der Waals surface area contributed by atoms with E-state index >= 15 is 0 Å². The Bertz CT molecular complexity index is 626. The molecule has 2 aromatic carbocycles. The Morgan fingerprint density at radius 3 is 1.42 bits per heavy atom. The highest BCUT2D eigenvalue weighted by molar-refractivity contribution is 5.17. The second-order valence-electron chi connectivity index (χ2n) is 8.58. The number of rotatable bonds is 12. The van der Waals surface area contributed by atoms with E-state index in [1.54, 1.807) is 0 Å². The molecule has 0 aliphatic carbocycles. The Hall–Kier alpha value is -2.11. The average Bonchev–Trinajstić information content (AvgIpc) is 2.77. The Morgan fingerprint density at radius 1 is 0.613 bits per heavy atom. The van der Waals surface area contributed by atoms with E-state index in [0.29, 0.717) is 6.42 Å². The Kier molecular flexibility index (Phi) is 21.0. The van der Waals surface area contributed by atoms with Crippen LogP contribution in [0.5, 0.6) is 0 Å². The Morgan fingerprint density at radius 2 is 1.00 bits per heavy atom. The highest BCUT2D eigenvalue weighted by atomic mass is 15.0. The standard InChI is InChI=1S/C18H30.C8H7N.C3H9N/c1-2-3-4-5-6-7-8-9-10-12-15-18-16-13-11-14-17-18;9-7-6-8-4-2-1-3-5-8;1-4(2)3/h11,13-14,16-17H,2-10,12,15H2,1H3;1-5H,6H2;1-3H3. The van der Waals surface area contributed by atoms with E-state index in [-0.39, 0.29) is 0 Å². The maximum Gasteiger partial charge on any atom is 0.0669 e. The maximum atomic E-state index is 8.27. The number of aryl methyl sites for hydroxylation is 1. The molecule has 0 radical (unpaired) electrons. The smallest absolute Gasteiger partial charge is 0.0669 e. The first-order valence-corrected chi connectivity index (χ1v) is 12.2. The van der Waals surface area contributed by atoms with Gasteiger partial charge in [0.1, 0.15) is 0 Å². The lowest BCUT2D eigenvalue weighted by Gasteiger charge is -2.03. The molecule has 0 aliphatic rings. The summed E-state index contributed by atoms with van der Waals surface area (Å²) in [7, 11) is 6.00. The molecule has 172 valence electrons. The molecule has 2 heteroatoms. The molecule has 0 amide bonds. The molecule has 0 saturated carbocycles. The van der Waals surface area contributed by atoms with Crippen molar-refractivity contribution in [2.75, 3.05) is 21.1 Å². The molecule has 2 nitrogen and oxygen atoms in total. The molecule has 0 N–H and O–H groups in total. The SMILES string of the molecule is CCCCCCCCCCCCc1ccccc1.CN(C)C.N#CCc1ccccc1. The third-order valence-corrected chi connectivity index (χ3v) is 4.79. The van der Waals surface area contributed by atoms with Gasteiger partial charge in [-0.2, -0.15) is 5.26 Å². The van der Waals surface area contributed by atoms with Crippen molar-refractivity contribution in [3.63, 3.8) is 0 Å². The predicted octanol–water partition coefficient (Wildman–Crippen LogP) is 8.08. The molecular weight excluding hydrogens is 376 g/mol. The van der Waals surface area contributed by atoms with E-state index in [2.05, 4.69) is 43.3 Å². The molecule has 0 aliphatic heterocycles. The summed E-state index contributed by atoms with van der Waals surface area (Å²) in [6.45, 7) is 2.28. The summed E-state index contributed by atoms with van der Waals surface area (Å²) in [6.07, 6.45) is 16.0. The minimum Gasteiger partial charge on any atom is -0.312 e. The predicted molar refractivity (Wildman–Crippen MR) is 137 cm³/mol. The second kappa shape index (κ2) is 22.6. The summed E-state index contributed by atoms with van der Waals surface area (Å²) in [5.41, 5.74) is 2.58. The van der Waals surface area contributed by atoms with Gasteiger partial charge in [0, 0.05) is 0 Å². The van der Waals surface area contributed by atoms with E-state index in [9.17, 15) is 0 Å². The zero-order valence-corrected chi connectivity index (χ0v) is 20.7. The summed E-state index contributed by atoms with van der Waals surface area (Å²) >= 11 is 0. The van der Waals surface area contributed by atoms with E-state index in [0.717, 1.165) is 5.56 Å². The van der Waals surface area contributed by atoms with E-state index in [4.69, 9.17) is 5.26 Å². The summed E-state index contributed by atoms with van der Waals surface area (Å²) < 4.78 is 0. The van der Waals surface area contributed by atoms with Crippen molar-refractivity contribution < 1.29 is 0 Å². The number of unbranched alkanes of at least 4 members (excludes halogenated alkanes) is 9. The quantitative estimate of drug-likeness (QED) is 0.323. The van der Waals surface area contributed by atoms with Gasteiger partial charge in [-0.3, -0.25) is 0 Å². The molecule has 0 spiro atoms. The van der Waals surface area contributed by atoms with Crippen LogP contribution >= 0.6 is 0 Å². The van der Waals surface area contributed by atoms with Gasteiger partial charge in [-0.15, -0.1) is 0 Å². The molecule has 0 aromatic heterocycles. The number of hydrogen-bond acceptors (Lipinski definition) is 2. The first-order valence-electron chi connectivity index (χ1n) is 12.2. The first-order chi connectivity index (χ1) is 15.1. The molecule has 2 aromatic rings.